The number of likely N-dealkylation sites (tertiary alicyclic amines) is 2. The normalized spacial score (nSPS) is 20.9. The molecule has 23 heavy (non-hydrogen) atoms. The van der Waals surface area contributed by atoms with Crippen LogP contribution in [0, 0.1) is 11.3 Å². The minimum Gasteiger partial charge on any atom is -0.445 e. The molecule has 2 aliphatic heterocycles. The third-order valence-corrected chi connectivity index (χ3v) is 4.97. The van der Waals surface area contributed by atoms with E-state index in [-0.39, 0.29) is 11.6 Å². The summed E-state index contributed by atoms with van der Waals surface area (Å²) in [7, 11) is 0. The summed E-state index contributed by atoms with van der Waals surface area (Å²) in [5.41, 5.74) is 0.605. The van der Waals surface area contributed by atoms with Crippen LogP contribution in [-0.2, 0) is 11.3 Å². The summed E-state index contributed by atoms with van der Waals surface area (Å²) in [6.07, 6.45) is 3.49. The first-order valence-corrected chi connectivity index (χ1v) is 8.35. The Balaban J connectivity index is 1.52. The summed E-state index contributed by atoms with van der Waals surface area (Å²) < 4.78 is 5.39. The Kier molecular flexibility index (Phi) is 4.82. The Hall–Kier alpha value is -2.06. The number of ether oxygens (including phenoxy) is 1. The first-order valence-electron chi connectivity index (χ1n) is 8.35. The molecule has 0 aliphatic carbocycles. The van der Waals surface area contributed by atoms with E-state index in [0.717, 1.165) is 18.7 Å². The van der Waals surface area contributed by atoms with Crippen LogP contribution in [0.4, 0.5) is 4.79 Å². The molecule has 5 nitrogen and oxygen atoms in total. The van der Waals surface area contributed by atoms with Crippen LogP contribution >= 0.6 is 0 Å². The van der Waals surface area contributed by atoms with Crippen molar-refractivity contribution in [3.63, 3.8) is 0 Å². The highest BCUT2D eigenvalue weighted by Gasteiger charge is 2.42. The SMILES string of the molecule is N#CC1(N2CCCC2)CCN(C(=O)OCc2ccccc2)CC1. The zero-order valence-electron chi connectivity index (χ0n) is 13.4. The van der Waals surface area contributed by atoms with Gasteiger partial charge < -0.3 is 9.64 Å². The van der Waals surface area contributed by atoms with E-state index in [0.29, 0.717) is 32.5 Å². The second kappa shape index (κ2) is 7.01. The van der Waals surface area contributed by atoms with Gasteiger partial charge in [-0.1, -0.05) is 30.3 Å². The Morgan fingerprint density at radius 3 is 2.39 bits per heavy atom. The molecule has 0 aromatic heterocycles. The lowest BCUT2D eigenvalue weighted by atomic mass is 9.87. The predicted molar refractivity (Wildman–Crippen MR) is 86.6 cm³/mol. The zero-order valence-corrected chi connectivity index (χ0v) is 13.4. The number of hydrogen-bond acceptors (Lipinski definition) is 4. The van der Waals surface area contributed by atoms with Gasteiger partial charge in [0.25, 0.3) is 0 Å². The molecule has 122 valence electrons. The summed E-state index contributed by atoms with van der Waals surface area (Å²) in [5, 5.41) is 9.65. The van der Waals surface area contributed by atoms with Gasteiger partial charge in [-0.25, -0.2) is 4.79 Å². The maximum atomic E-state index is 12.2. The monoisotopic (exact) mass is 313 g/mol. The van der Waals surface area contributed by atoms with Crippen molar-refractivity contribution >= 4 is 6.09 Å². The van der Waals surface area contributed by atoms with E-state index in [1.165, 1.54) is 12.8 Å². The first kappa shape index (κ1) is 15.8. The van der Waals surface area contributed by atoms with E-state index in [4.69, 9.17) is 4.74 Å². The lowest BCUT2D eigenvalue weighted by molar-refractivity contribution is 0.0536. The molecule has 5 heteroatoms. The fraction of sp³-hybridized carbons (Fsp3) is 0.556. The van der Waals surface area contributed by atoms with E-state index in [1.54, 1.807) is 4.90 Å². The molecule has 0 N–H and O–H groups in total. The number of hydrogen-bond donors (Lipinski definition) is 0. The maximum absolute atomic E-state index is 12.2. The summed E-state index contributed by atoms with van der Waals surface area (Å²) in [6.45, 7) is 3.50. The molecular weight excluding hydrogens is 290 g/mol. The van der Waals surface area contributed by atoms with Crippen LogP contribution in [0.15, 0.2) is 30.3 Å². The first-order chi connectivity index (χ1) is 11.2. The smallest absolute Gasteiger partial charge is 0.410 e. The Morgan fingerprint density at radius 2 is 1.78 bits per heavy atom. The predicted octanol–water partition coefficient (Wildman–Crippen LogP) is 2.78. The summed E-state index contributed by atoms with van der Waals surface area (Å²) in [6, 6.07) is 12.2. The summed E-state index contributed by atoms with van der Waals surface area (Å²) in [5.74, 6) is 0. The second-order valence-electron chi connectivity index (χ2n) is 6.36. The number of carbonyl (C=O) groups excluding carboxylic acids is 1. The lowest BCUT2D eigenvalue weighted by Crippen LogP contribution is -2.54. The van der Waals surface area contributed by atoms with Crippen molar-refractivity contribution in [2.24, 2.45) is 0 Å². The molecule has 2 fully saturated rings. The molecular formula is C18H23N3O2. The molecule has 1 amide bonds. The molecule has 2 saturated heterocycles. The van der Waals surface area contributed by atoms with Crippen LogP contribution in [0.3, 0.4) is 0 Å². The van der Waals surface area contributed by atoms with Gasteiger partial charge in [0.1, 0.15) is 12.1 Å². The molecule has 0 saturated carbocycles. The molecule has 0 radical (unpaired) electrons. The number of carbonyl (C=O) groups is 1. The highest BCUT2D eigenvalue weighted by Crippen LogP contribution is 2.31. The van der Waals surface area contributed by atoms with Crippen molar-refractivity contribution in [2.45, 2.75) is 37.8 Å². The van der Waals surface area contributed by atoms with Crippen LogP contribution in [0.2, 0.25) is 0 Å². The fourth-order valence-corrected chi connectivity index (χ4v) is 3.51. The van der Waals surface area contributed by atoms with E-state index in [9.17, 15) is 10.1 Å². The minimum atomic E-state index is -0.382. The van der Waals surface area contributed by atoms with Gasteiger partial charge in [0, 0.05) is 13.1 Å². The average molecular weight is 313 g/mol. The molecule has 0 unspecified atom stereocenters. The number of piperidine rings is 1. The van der Waals surface area contributed by atoms with Crippen molar-refractivity contribution in [2.75, 3.05) is 26.2 Å². The Bertz CT molecular complexity index is 568. The van der Waals surface area contributed by atoms with Gasteiger partial charge in [-0.3, -0.25) is 4.90 Å². The number of nitriles is 1. The fourth-order valence-electron chi connectivity index (χ4n) is 3.51. The van der Waals surface area contributed by atoms with Gasteiger partial charge in [-0.15, -0.1) is 0 Å². The van der Waals surface area contributed by atoms with E-state index in [2.05, 4.69) is 11.0 Å². The van der Waals surface area contributed by atoms with Crippen molar-refractivity contribution in [3.8, 4) is 6.07 Å². The van der Waals surface area contributed by atoms with Crippen LogP contribution in [0.25, 0.3) is 0 Å². The highest BCUT2D eigenvalue weighted by atomic mass is 16.6. The third kappa shape index (κ3) is 3.48. The largest absolute Gasteiger partial charge is 0.445 e. The molecule has 2 aliphatic rings. The molecule has 0 bridgehead atoms. The van der Waals surface area contributed by atoms with E-state index >= 15 is 0 Å². The molecule has 1 aromatic carbocycles. The van der Waals surface area contributed by atoms with Crippen LogP contribution in [-0.4, -0.2) is 47.6 Å². The Labute approximate surface area is 137 Å². The molecule has 1 aromatic rings. The van der Waals surface area contributed by atoms with E-state index < -0.39 is 0 Å². The van der Waals surface area contributed by atoms with E-state index in [1.807, 2.05) is 30.3 Å². The molecule has 2 heterocycles. The lowest BCUT2D eigenvalue weighted by Gasteiger charge is -2.42. The van der Waals surface area contributed by atoms with Crippen molar-refractivity contribution < 1.29 is 9.53 Å². The average Bonchev–Trinajstić information content (AvgIpc) is 3.16. The zero-order chi connectivity index (χ0) is 16.1. The quantitative estimate of drug-likeness (QED) is 0.861. The topological polar surface area (TPSA) is 56.6 Å². The third-order valence-electron chi connectivity index (χ3n) is 4.97. The van der Waals surface area contributed by atoms with Gasteiger partial charge in [0.2, 0.25) is 0 Å². The number of benzene rings is 1. The number of nitrogens with zero attached hydrogens (tertiary/aromatic N) is 3. The molecule has 0 spiro atoms. The van der Waals surface area contributed by atoms with Gasteiger partial charge in [0.15, 0.2) is 0 Å². The van der Waals surface area contributed by atoms with Crippen molar-refractivity contribution in [3.05, 3.63) is 35.9 Å². The van der Waals surface area contributed by atoms with Crippen LogP contribution in [0.5, 0.6) is 0 Å². The number of rotatable bonds is 3. The molecule has 3 rings (SSSR count). The standard InChI is InChI=1S/C18H23N3O2/c19-15-18(21-10-4-5-11-21)8-12-20(13-9-18)17(22)23-14-16-6-2-1-3-7-16/h1-3,6-7H,4-5,8-14H2. The summed E-state index contributed by atoms with van der Waals surface area (Å²) in [4.78, 5) is 16.2. The van der Waals surface area contributed by atoms with Gasteiger partial charge >= 0.3 is 6.09 Å². The highest BCUT2D eigenvalue weighted by molar-refractivity contribution is 5.67. The van der Waals surface area contributed by atoms with Crippen LogP contribution < -0.4 is 0 Å². The van der Waals surface area contributed by atoms with Gasteiger partial charge in [-0.05, 0) is 44.3 Å². The van der Waals surface area contributed by atoms with Gasteiger partial charge in [0.05, 0.1) is 6.07 Å². The van der Waals surface area contributed by atoms with Gasteiger partial charge in [-0.2, -0.15) is 5.26 Å². The van der Waals surface area contributed by atoms with Crippen molar-refractivity contribution in [1.29, 1.82) is 5.26 Å². The summed E-state index contributed by atoms with van der Waals surface area (Å²) >= 11 is 0. The van der Waals surface area contributed by atoms with Crippen LogP contribution in [0.1, 0.15) is 31.2 Å². The Morgan fingerprint density at radius 1 is 1.13 bits per heavy atom. The second-order valence-corrected chi connectivity index (χ2v) is 6.36. The minimum absolute atomic E-state index is 0.276. The number of amides is 1. The maximum Gasteiger partial charge on any atom is 0.410 e. The molecule has 0 atom stereocenters. The van der Waals surface area contributed by atoms with Crippen molar-refractivity contribution in [1.82, 2.24) is 9.80 Å².